The van der Waals surface area contributed by atoms with Crippen molar-refractivity contribution < 1.29 is 28.7 Å². The van der Waals surface area contributed by atoms with Gasteiger partial charge < -0.3 is 39.9 Å². The van der Waals surface area contributed by atoms with Gasteiger partial charge >= 0.3 is 12.2 Å². The second kappa shape index (κ2) is 17.3. The van der Waals surface area contributed by atoms with E-state index in [9.17, 15) is 19.2 Å². The Morgan fingerprint density at radius 1 is 0.729 bits per heavy atom. The Kier molecular flexibility index (Phi) is 13.3. The third kappa shape index (κ3) is 9.28. The summed E-state index contributed by atoms with van der Waals surface area (Å²) < 4.78 is 9.46. The molecule has 0 aromatic carbocycles. The quantitative estimate of drug-likeness (QED) is 0.199. The van der Waals surface area contributed by atoms with Crippen molar-refractivity contribution in [1.29, 1.82) is 0 Å². The van der Waals surface area contributed by atoms with Crippen LogP contribution in [0.4, 0.5) is 9.59 Å². The Labute approximate surface area is 283 Å². The lowest BCUT2D eigenvalue weighted by atomic mass is 10.0. The predicted octanol–water partition coefficient (Wildman–Crippen LogP) is 4.57. The molecule has 0 bridgehead atoms. The van der Waals surface area contributed by atoms with E-state index in [1.54, 1.807) is 0 Å². The minimum Gasteiger partial charge on any atom is -0.453 e. The van der Waals surface area contributed by atoms with E-state index in [0.717, 1.165) is 87.2 Å². The summed E-state index contributed by atoms with van der Waals surface area (Å²) in [6.07, 6.45) is 11.9. The highest BCUT2D eigenvalue weighted by Crippen LogP contribution is 2.33. The third-order valence-corrected chi connectivity index (χ3v) is 9.42. The van der Waals surface area contributed by atoms with Crippen LogP contribution in [0.1, 0.15) is 114 Å². The number of alkyl carbamates (subject to hydrolysis) is 2. The van der Waals surface area contributed by atoms with Crippen LogP contribution in [-0.2, 0) is 31.9 Å². The fourth-order valence-corrected chi connectivity index (χ4v) is 6.72. The zero-order chi connectivity index (χ0) is 34.8. The predicted molar refractivity (Wildman–Crippen MR) is 179 cm³/mol. The van der Waals surface area contributed by atoms with Gasteiger partial charge in [-0.05, 0) is 63.2 Å². The number of aromatic nitrogens is 4. The van der Waals surface area contributed by atoms with Crippen molar-refractivity contribution in [2.75, 3.05) is 27.3 Å². The van der Waals surface area contributed by atoms with Crippen LogP contribution in [0.5, 0.6) is 0 Å². The maximum Gasteiger partial charge on any atom is 0.407 e. The number of aryl methyl sites for hydroxylation is 2. The molecule has 4 amide bonds. The third-order valence-electron chi connectivity index (χ3n) is 9.42. The molecule has 4 rings (SSSR count). The van der Waals surface area contributed by atoms with Gasteiger partial charge in [-0.15, -0.1) is 0 Å². The molecule has 0 aliphatic carbocycles. The van der Waals surface area contributed by atoms with E-state index < -0.39 is 24.3 Å². The summed E-state index contributed by atoms with van der Waals surface area (Å²) in [5.41, 5.74) is 2.13. The maximum absolute atomic E-state index is 13.4. The van der Waals surface area contributed by atoms with Gasteiger partial charge in [0.2, 0.25) is 11.8 Å². The van der Waals surface area contributed by atoms with Gasteiger partial charge in [0.05, 0.1) is 26.3 Å². The smallest absolute Gasteiger partial charge is 0.407 e. The lowest BCUT2D eigenvalue weighted by Gasteiger charge is -2.30. The number of likely N-dealkylation sites (tertiary alicyclic amines) is 2. The van der Waals surface area contributed by atoms with Crippen molar-refractivity contribution in [2.45, 2.75) is 116 Å². The van der Waals surface area contributed by atoms with E-state index in [4.69, 9.17) is 9.47 Å². The topological polar surface area (TPSA) is 175 Å². The standard InChI is InChI=1S/C34H54N8O6/c1-21(2)27(39-33(45)47-5)31(43)41-17-11-15-25(41)29-35-19-23(37-29)13-9-7-8-10-14-24-20-36-30(38-24)26-16-12-18-42(26)32(44)28(22(3)4)40-34(46)48-6/h19-22,25-28H,7-18H2,1-6H3,(H,35,37)(H,36,38)(H,39,45)(H,40,46)/t25-,26-,27-,28-/m0/s1. The summed E-state index contributed by atoms with van der Waals surface area (Å²) in [5, 5.41) is 5.38. The van der Waals surface area contributed by atoms with Gasteiger partial charge in [0.1, 0.15) is 23.7 Å². The molecule has 14 nitrogen and oxygen atoms in total. The molecule has 0 radical (unpaired) electrons. The molecular formula is C34H54N8O6. The van der Waals surface area contributed by atoms with Crippen molar-refractivity contribution in [2.24, 2.45) is 11.8 Å². The molecule has 4 atom stereocenters. The molecule has 14 heteroatoms. The molecule has 2 aromatic rings. The van der Waals surface area contributed by atoms with Gasteiger partial charge in [0.15, 0.2) is 0 Å². The molecule has 2 fully saturated rings. The van der Waals surface area contributed by atoms with Crippen molar-refractivity contribution in [3.63, 3.8) is 0 Å². The number of H-pyrrole nitrogens is 2. The van der Waals surface area contributed by atoms with Crippen molar-refractivity contribution in [3.05, 3.63) is 35.4 Å². The number of aromatic amines is 2. The molecule has 0 spiro atoms. The summed E-state index contributed by atoms with van der Waals surface area (Å²) >= 11 is 0. The zero-order valence-corrected chi connectivity index (χ0v) is 29.3. The van der Waals surface area contributed by atoms with Crippen LogP contribution in [0.2, 0.25) is 0 Å². The van der Waals surface area contributed by atoms with Gasteiger partial charge in [0.25, 0.3) is 0 Å². The molecule has 0 unspecified atom stereocenters. The molecule has 48 heavy (non-hydrogen) atoms. The number of methoxy groups -OCH3 is 2. The molecule has 4 heterocycles. The minimum atomic E-state index is -0.651. The van der Waals surface area contributed by atoms with Gasteiger partial charge in [-0.3, -0.25) is 9.59 Å². The normalized spacial score (nSPS) is 19.1. The number of hydrogen-bond donors (Lipinski definition) is 4. The number of amides is 4. The van der Waals surface area contributed by atoms with Gasteiger partial charge in [-0.25, -0.2) is 19.6 Å². The second-order valence-corrected chi connectivity index (χ2v) is 13.6. The van der Waals surface area contributed by atoms with Crippen LogP contribution in [0.25, 0.3) is 0 Å². The van der Waals surface area contributed by atoms with Crippen molar-refractivity contribution in [1.82, 2.24) is 40.4 Å². The van der Waals surface area contributed by atoms with Gasteiger partial charge in [-0.1, -0.05) is 40.5 Å². The van der Waals surface area contributed by atoms with E-state index in [0.29, 0.717) is 13.1 Å². The van der Waals surface area contributed by atoms with Crippen LogP contribution in [0.3, 0.4) is 0 Å². The van der Waals surface area contributed by atoms with Crippen LogP contribution in [0.15, 0.2) is 12.4 Å². The summed E-state index contributed by atoms with van der Waals surface area (Å²) in [6, 6.07) is -1.56. The number of carbonyl (C=O) groups is 4. The lowest BCUT2D eigenvalue weighted by Crippen LogP contribution is -2.51. The molecule has 4 N–H and O–H groups in total. The van der Waals surface area contributed by atoms with E-state index in [1.165, 1.54) is 14.2 Å². The van der Waals surface area contributed by atoms with Gasteiger partial charge in [0, 0.05) is 36.9 Å². The van der Waals surface area contributed by atoms with Crippen LogP contribution in [-0.4, -0.2) is 93.1 Å². The first-order chi connectivity index (χ1) is 23.0. The van der Waals surface area contributed by atoms with Gasteiger partial charge in [-0.2, -0.15) is 0 Å². The first-order valence-electron chi connectivity index (χ1n) is 17.4. The molecule has 2 saturated heterocycles. The summed E-state index contributed by atoms with van der Waals surface area (Å²) in [5.74, 6) is 1.23. The second-order valence-electron chi connectivity index (χ2n) is 13.6. The number of unbranched alkanes of at least 4 members (excludes halogenated alkanes) is 3. The Morgan fingerprint density at radius 2 is 1.12 bits per heavy atom. The Balaban J connectivity index is 1.21. The Bertz CT molecular complexity index is 1270. The van der Waals surface area contributed by atoms with Crippen molar-refractivity contribution >= 4 is 24.0 Å². The largest absolute Gasteiger partial charge is 0.453 e. The molecule has 266 valence electrons. The summed E-state index contributed by atoms with van der Waals surface area (Å²) in [6.45, 7) is 8.90. The van der Waals surface area contributed by atoms with E-state index >= 15 is 0 Å². The Morgan fingerprint density at radius 3 is 1.48 bits per heavy atom. The molecular weight excluding hydrogens is 616 g/mol. The number of nitrogens with one attached hydrogen (secondary N) is 4. The highest BCUT2D eigenvalue weighted by atomic mass is 16.5. The minimum absolute atomic E-state index is 0.0745. The molecule has 2 aliphatic heterocycles. The number of nitrogens with zero attached hydrogens (tertiary/aromatic N) is 4. The average molecular weight is 671 g/mol. The van der Waals surface area contributed by atoms with Crippen LogP contribution in [0, 0.1) is 11.8 Å². The monoisotopic (exact) mass is 670 g/mol. The average Bonchev–Trinajstić information content (AvgIpc) is 3.89. The SMILES string of the molecule is COC(=O)N[C@H](C(=O)N1CCC[C@H]1c1ncc(CCCCCCc2cnc([C@@H]3CCCN3C(=O)[C@@H](NC(=O)OC)C(C)C)[nH]2)[nH]1)C(C)C. The first kappa shape index (κ1) is 36.7. The van der Waals surface area contributed by atoms with Crippen LogP contribution < -0.4 is 10.6 Å². The Hall–Kier alpha value is -4.10. The molecule has 2 aromatic heterocycles. The first-order valence-corrected chi connectivity index (χ1v) is 17.4. The van der Waals surface area contributed by atoms with Crippen molar-refractivity contribution in [3.8, 4) is 0 Å². The number of carbonyl (C=O) groups excluding carboxylic acids is 4. The number of hydrogen-bond acceptors (Lipinski definition) is 8. The zero-order valence-electron chi connectivity index (χ0n) is 29.3. The number of ether oxygens (including phenoxy) is 2. The van der Waals surface area contributed by atoms with E-state index in [-0.39, 0.29) is 35.7 Å². The number of rotatable bonds is 15. The lowest BCUT2D eigenvalue weighted by molar-refractivity contribution is -0.136. The number of imidazole rings is 2. The maximum atomic E-state index is 13.4. The highest BCUT2D eigenvalue weighted by Gasteiger charge is 2.38. The molecule has 0 saturated carbocycles. The summed E-state index contributed by atoms with van der Waals surface area (Å²) in [7, 11) is 2.59. The van der Waals surface area contributed by atoms with E-state index in [2.05, 4.69) is 30.6 Å². The summed E-state index contributed by atoms with van der Waals surface area (Å²) in [4.78, 5) is 70.3. The fraction of sp³-hybridized carbons (Fsp3) is 0.706. The highest BCUT2D eigenvalue weighted by molar-refractivity contribution is 5.87. The van der Waals surface area contributed by atoms with E-state index in [1.807, 2.05) is 49.9 Å². The molecule has 2 aliphatic rings. The van der Waals surface area contributed by atoms with Crippen LogP contribution >= 0.6 is 0 Å². The fourth-order valence-electron chi connectivity index (χ4n) is 6.72.